The van der Waals surface area contributed by atoms with Crippen molar-refractivity contribution in [3.8, 4) is 0 Å². The van der Waals surface area contributed by atoms with Crippen LogP contribution in [-0.4, -0.2) is 48.2 Å². The molecular formula is C9H12N4O5S. The molecule has 1 aliphatic carbocycles. The third kappa shape index (κ3) is 3.29. The smallest absolute Gasteiger partial charge is 0.340 e. The summed E-state index contributed by atoms with van der Waals surface area (Å²) in [4.78, 5) is 22.1. The van der Waals surface area contributed by atoms with Gasteiger partial charge in [0.15, 0.2) is 5.03 Å². The number of sulfonamides is 1. The molecule has 0 saturated heterocycles. The Labute approximate surface area is 108 Å². The number of amides is 1. The Bertz CT molecular complexity index is 604. The molecule has 0 aliphatic heterocycles. The summed E-state index contributed by atoms with van der Waals surface area (Å²) in [7, 11) is -4.11. The van der Waals surface area contributed by atoms with Crippen LogP contribution in [0.5, 0.6) is 0 Å². The summed E-state index contributed by atoms with van der Waals surface area (Å²) in [5.74, 6) is -1.88. The number of hydrogen-bond donors (Lipinski definition) is 4. The van der Waals surface area contributed by atoms with Gasteiger partial charge in [-0.05, 0) is 12.8 Å². The molecule has 0 aromatic carbocycles. The predicted molar refractivity (Wildman–Crippen MR) is 61.9 cm³/mol. The van der Waals surface area contributed by atoms with Gasteiger partial charge >= 0.3 is 5.97 Å². The molecular weight excluding hydrogens is 276 g/mol. The van der Waals surface area contributed by atoms with Gasteiger partial charge in [0.2, 0.25) is 5.91 Å². The maximum atomic E-state index is 11.8. The van der Waals surface area contributed by atoms with Gasteiger partial charge in [-0.15, -0.1) is 0 Å². The van der Waals surface area contributed by atoms with E-state index in [0.29, 0.717) is 0 Å². The van der Waals surface area contributed by atoms with Crippen molar-refractivity contribution >= 4 is 21.9 Å². The summed E-state index contributed by atoms with van der Waals surface area (Å²) < 4.78 is 25.6. The van der Waals surface area contributed by atoms with Crippen LogP contribution in [0.4, 0.5) is 0 Å². The lowest BCUT2D eigenvalue weighted by Crippen LogP contribution is -2.38. The minimum Gasteiger partial charge on any atom is -0.478 e. The maximum absolute atomic E-state index is 11.8. The van der Waals surface area contributed by atoms with Crippen molar-refractivity contribution in [3.63, 3.8) is 0 Å². The van der Waals surface area contributed by atoms with Crippen LogP contribution in [0.3, 0.4) is 0 Å². The lowest BCUT2D eigenvalue weighted by atomic mass is 10.4. The highest BCUT2D eigenvalue weighted by Gasteiger charge is 2.27. The van der Waals surface area contributed by atoms with Crippen molar-refractivity contribution in [2.24, 2.45) is 0 Å². The first-order chi connectivity index (χ1) is 8.90. The summed E-state index contributed by atoms with van der Waals surface area (Å²) in [6, 6.07) is 0.124. The van der Waals surface area contributed by atoms with Gasteiger partial charge < -0.3 is 10.4 Å². The molecule has 1 aromatic heterocycles. The molecule has 0 atom stereocenters. The number of carbonyl (C=O) groups excluding carboxylic acids is 1. The molecule has 1 saturated carbocycles. The SMILES string of the molecule is O=C(CNS(=O)(=O)c1[nH]ncc1C(=O)O)NC1CC1. The minimum absolute atomic E-state index is 0.124. The Morgan fingerprint density at radius 1 is 1.47 bits per heavy atom. The maximum Gasteiger partial charge on any atom is 0.340 e. The molecule has 1 fully saturated rings. The summed E-state index contributed by atoms with van der Waals surface area (Å²) >= 11 is 0. The molecule has 1 heterocycles. The number of rotatable bonds is 6. The Morgan fingerprint density at radius 2 is 2.16 bits per heavy atom. The molecule has 4 N–H and O–H groups in total. The number of H-pyrrole nitrogens is 1. The minimum atomic E-state index is -4.11. The highest BCUT2D eigenvalue weighted by Crippen LogP contribution is 2.18. The first-order valence-electron chi connectivity index (χ1n) is 5.46. The second-order valence-electron chi connectivity index (χ2n) is 4.08. The number of carboxylic acids is 1. The van der Waals surface area contributed by atoms with E-state index in [1.165, 1.54) is 0 Å². The summed E-state index contributed by atoms with van der Waals surface area (Å²) in [5.41, 5.74) is -0.477. The van der Waals surface area contributed by atoms with Crippen LogP contribution in [0.1, 0.15) is 23.2 Å². The highest BCUT2D eigenvalue weighted by molar-refractivity contribution is 7.89. The van der Waals surface area contributed by atoms with Gasteiger partial charge in [0, 0.05) is 6.04 Å². The topological polar surface area (TPSA) is 141 Å². The number of aromatic nitrogens is 2. The number of carbonyl (C=O) groups is 2. The molecule has 1 aromatic rings. The van der Waals surface area contributed by atoms with Crippen molar-refractivity contribution in [2.45, 2.75) is 23.9 Å². The Balaban J connectivity index is 2.02. The summed E-state index contributed by atoms with van der Waals surface area (Å²) in [6.45, 7) is -0.448. The van der Waals surface area contributed by atoms with Crippen LogP contribution >= 0.6 is 0 Å². The van der Waals surface area contributed by atoms with Crippen molar-refractivity contribution in [1.29, 1.82) is 0 Å². The fourth-order valence-electron chi connectivity index (χ4n) is 1.37. The number of hydrogen-bond acceptors (Lipinski definition) is 5. The third-order valence-electron chi connectivity index (χ3n) is 2.47. The van der Waals surface area contributed by atoms with E-state index in [1.54, 1.807) is 0 Å². The highest BCUT2D eigenvalue weighted by atomic mass is 32.2. The molecule has 1 amide bonds. The molecule has 1 aliphatic rings. The van der Waals surface area contributed by atoms with E-state index in [0.717, 1.165) is 19.0 Å². The average Bonchev–Trinajstić information content (AvgIpc) is 2.97. The van der Waals surface area contributed by atoms with Crippen molar-refractivity contribution in [3.05, 3.63) is 11.8 Å². The number of carboxylic acid groups (broad SMARTS) is 1. The van der Waals surface area contributed by atoms with Gasteiger partial charge in [0.05, 0.1) is 12.7 Å². The molecule has 0 unspecified atom stereocenters. The number of nitrogens with one attached hydrogen (secondary N) is 3. The first-order valence-corrected chi connectivity index (χ1v) is 6.94. The van der Waals surface area contributed by atoms with Gasteiger partial charge in [-0.2, -0.15) is 5.10 Å². The monoisotopic (exact) mass is 288 g/mol. The van der Waals surface area contributed by atoms with E-state index >= 15 is 0 Å². The largest absolute Gasteiger partial charge is 0.478 e. The van der Waals surface area contributed by atoms with E-state index in [-0.39, 0.29) is 6.04 Å². The van der Waals surface area contributed by atoms with Crippen LogP contribution < -0.4 is 10.0 Å². The normalized spacial score (nSPS) is 15.2. The standard InChI is InChI=1S/C9H12N4O5S/c14-7(12-5-1-2-5)4-11-19(17,18)8-6(9(15)16)3-10-13-8/h3,5,11H,1-2,4H2,(H,10,13)(H,12,14)(H,15,16). The summed E-state index contributed by atoms with van der Waals surface area (Å²) in [6.07, 6.45) is 2.67. The molecule has 0 spiro atoms. The Morgan fingerprint density at radius 3 is 2.74 bits per heavy atom. The molecule has 0 bridgehead atoms. The van der Waals surface area contributed by atoms with Gasteiger partial charge in [-0.3, -0.25) is 9.89 Å². The second kappa shape index (κ2) is 4.97. The first kappa shape index (κ1) is 13.5. The lowest BCUT2D eigenvalue weighted by molar-refractivity contribution is -0.120. The number of nitrogens with zero attached hydrogens (tertiary/aromatic N) is 1. The van der Waals surface area contributed by atoms with Crippen LogP contribution in [0.15, 0.2) is 11.2 Å². The molecule has 104 valence electrons. The molecule has 19 heavy (non-hydrogen) atoms. The predicted octanol–water partition coefficient (Wildman–Crippen LogP) is -1.34. The zero-order valence-electron chi connectivity index (χ0n) is 9.71. The quantitative estimate of drug-likeness (QED) is 0.510. The van der Waals surface area contributed by atoms with Crippen LogP contribution in [-0.2, 0) is 14.8 Å². The second-order valence-corrected chi connectivity index (χ2v) is 5.79. The van der Waals surface area contributed by atoms with Crippen molar-refractivity contribution < 1.29 is 23.1 Å². The molecule has 10 heteroatoms. The fraction of sp³-hybridized carbons (Fsp3) is 0.444. The lowest BCUT2D eigenvalue weighted by Gasteiger charge is -2.06. The zero-order valence-corrected chi connectivity index (χ0v) is 10.5. The van der Waals surface area contributed by atoms with E-state index in [1.807, 2.05) is 4.72 Å². The van der Waals surface area contributed by atoms with Crippen LogP contribution in [0.2, 0.25) is 0 Å². The van der Waals surface area contributed by atoms with Crippen molar-refractivity contribution in [1.82, 2.24) is 20.2 Å². The van der Waals surface area contributed by atoms with Gasteiger partial charge in [-0.25, -0.2) is 17.9 Å². The number of aromatic carboxylic acids is 1. The van der Waals surface area contributed by atoms with E-state index in [4.69, 9.17) is 5.11 Å². The fourth-order valence-corrected chi connectivity index (χ4v) is 2.44. The number of aromatic amines is 1. The zero-order chi connectivity index (χ0) is 14.0. The van der Waals surface area contributed by atoms with E-state index in [9.17, 15) is 18.0 Å². The third-order valence-corrected chi connectivity index (χ3v) is 3.84. The van der Waals surface area contributed by atoms with Gasteiger partial charge in [-0.1, -0.05) is 0 Å². The average molecular weight is 288 g/mol. The summed E-state index contributed by atoms with van der Waals surface area (Å²) in [5, 5.41) is 16.3. The molecule has 0 radical (unpaired) electrons. The van der Waals surface area contributed by atoms with Gasteiger partial charge in [0.25, 0.3) is 10.0 Å². The molecule has 2 rings (SSSR count). The van der Waals surface area contributed by atoms with Crippen molar-refractivity contribution in [2.75, 3.05) is 6.54 Å². The Hall–Kier alpha value is -1.94. The van der Waals surface area contributed by atoms with Gasteiger partial charge in [0.1, 0.15) is 5.56 Å². The van der Waals surface area contributed by atoms with Crippen LogP contribution in [0, 0.1) is 0 Å². The molecule has 9 nitrogen and oxygen atoms in total. The van der Waals surface area contributed by atoms with Crippen LogP contribution in [0.25, 0.3) is 0 Å². The van der Waals surface area contributed by atoms with E-state index < -0.39 is 39.0 Å². The Kier molecular flexibility index (Phi) is 3.53. The van der Waals surface area contributed by atoms with E-state index in [2.05, 4.69) is 15.5 Å².